The van der Waals surface area contributed by atoms with Gasteiger partial charge in [-0.15, -0.1) is 0 Å². The molecule has 1 N–H and O–H groups in total. The molecule has 1 aromatic carbocycles. The van der Waals surface area contributed by atoms with Crippen LogP contribution in [0.3, 0.4) is 0 Å². The predicted molar refractivity (Wildman–Crippen MR) is 84.8 cm³/mol. The van der Waals surface area contributed by atoms with Crippen LogP contribution in [-0.4, -0.2) is 40.5 Å². The molecule has 4 nitrogen and oxygen atoms in total. The molecule has 0 saturated carbocycles. The van der Waals surface area contributed by atoms with Gasteiger partial charge in [0, 0.05) is 15.5 Å². The summed E-state index contributed by atoms with van der Waals surface area (Å²) in [4.78, 5) is 2.35. The van der Waals surface area contributed by atoms with E-state index in [-0.39, 0.29) is 4.90 Å². The molecule has 108 valence electrons. The average molecular weight is 414 g/mol. The first-order chi connectivity index (χ1) is 8.83. The Hall–Kier alpha value is 0.0500. The molecule has 0 aliphatic carbocycles. The van der Waals surface area contributed by atoms with Crippen LogP contribution in [0.1, 0.15) is 12.8 Å². The van der Waals surface area contributed by atoms with Gasteiger partial charge in [0.2, 0.25) is 10.0 Å². The van der Waals surface area contributed by atoms with E-state index in [9.17, 15) is 8.42 Å². The molecule has 1 aromatic rings. The minimum Gasteiger partial charge on any atom is -0.309 e. The number of sulfonamides is 1. The molecule has 0 heterocycles. The van der Waals surface area contributed by atoms with E-state index >= 15 is 0 Å². The third-order valence-electron chi connectivity index (χ3n) is 2.51. The molecule has 0 aliphatic rings. The van der Waals surface area contributed by atoms with Crippen LogP contribution in [-0.2, 0) is 10.0 Å². The number of nitrogens with one attached hydrogen (secondary N) is 1. The van der Waals surface area contributed by atoms with Gasteiger partial charge in [-0.25, -0.2) is 13.1 Å². The zero-order valence-corrected chi connectivity index (χ0v) is 15.0. The lowest BCUT2D eigenvalue weighted by atomic mass is 10.3. The molecule has 0 aromatic heterocycles. The first-order valence-electron chi connectivity index (χ1n) is 5.92. The summed E-state index contributed by atoms with van der Waals surface area (Å²) in [6.07, 6.45) is 1.79. The van der Waals surface area contributed by atoms with Gasteiger partial charge in [-0.05, 0) is 67.6 Å². The van der Waals surface area contributed by atoms with E-state index in [1.54, 1.807) is 18.2 Å². The van der Waals surface area contributed by atoms with Gasteiger partial charge < -0.3 is 4.90 Å². The van der Waals surface area contributed by atoms with Crippen LogP contribution in [0.4, 0.5) is 0 Å². The van der Waals surface area contributed by atoms with Crippen molar-refractivity contribution in [3.63, 3.8) is 0 Å². The van der Waals surface area contributed by atoms with Gasteiger partial charge in [0.15, 0.2) is 0 Å². The summed E-state index contributed by atoms with van der Waals surface area (Å²) in [5, 5.41) is 0. The van der Waals surface area contributed by atoms with Crippen LogP contribution in [0, 0.1) is 0 Å². The van der Waals surface area contributed by atoms with Crippen molar-refractivity contribution in [3.05, 3.63) is 27.1 Å². The van der Waals surface area contributed by atoms with E-state index in [0.29, 0.717) is 11.0 Å². The summed E-state index contributed by atoms with van der Waals surface area (Å²) in [6, 6.07) is 5.02. The third kappa shape index (κ3) is 5.91. The molecule has 0 fully saturated rings. The Morgan fingerprint density at radius 2 is 1.89 bits per heavy atom. The second kappa shape index (κ2) is 7.73. The minimum atomic E-state index is -3.44. The van der Waals surface area contributed by atoms with E-state index in [1.807, 2.05) is 14.1 Å². The van der Waals surface area contributed by atoms with Crippen molar-refractivity contribution in [2.24, 2.45) is 0 Å². The molecule has 7 heteroatoms. The van der Waals surface area contributed by atoms with Crippen molar-refractivity contribution in [2.75, 3.05) is 27.2 Å². The second-order valence-electron chi connectivity index (χ2n) is 4.48. The number of nitrogens with zero attached hydrogens (tertiary/aromatic N) is 1. The summed E-state index contributed by atoms with van der Waals surface area (Å²) in [6.45, 7) is 1.42. The van der Waals surface area contributed by atoms with Crippen LogP contribution in [0.25, 0.3) is 0 Å². The lowest BCUT2D eigenvalue weighted by Gasteiger charge is -2.10. The maximum Gasteiger partial charge on any atom is 0.241 e. The van der Waals surface area contributed by atoms with Crippen molar-refractivity contribution in [2.45, 2.75) is 17.7 Å². The van der Waals surface area contributed by atoms with Gasteiger partial charge >= 0.3 is 0 Å². The fraction of sp³-hybridized carbons (Fsp3) is 0.500. The Morgan fingerprint density at radius 1 is 1.21 bits per heavy atom. The zero-order valence-electron chi connectivity index (χ0n) is 11.0. The fourth-order valence-corrected chi connectivity index (χ4v) is 4.35. The predicted octanol–water partition coefficient (Wildman–Crippen LogP) is 2.83. The maximum atomic E-state index is 12.1. The molecule has 0 bridgehead atoms. The number of rotatable bonds is 7. The first-order valence-corrected chi connectivity index (χ1v) is 8.99. The van der Waals surface area contributed by atoms with Crippen LogP contribution in [0.5, 0.6) is 0 Å². The van der Waals surface area contributed by atoms with Crippen molar-refractivity contribution in [1.29, 1.82) is 0 Å². The normalized spacial score (nSPS) is 12.1. The molecule has 0 aliphatic heterocycles. The quantitative estimate of drug-likeness (QED) is 0.699. The summed E-state index contributed by atoms with van der Waals surface area (Å²) < 4.78 is 28.2. The van der Waals surface area contributed by atoms with Crippen LogP contribution in [0.15, 0.2) is 32.0 Å². The van der Waals surface area contributed by atoms with Crippen molar-refractivity contribution >= 4 is 41.9 Å². The average Bonchev–Trinajstić information content (AvgIpc) is 2.27. The van der Waals surface area contributed by atoms with Crippen LogP contribution < -0.4 is 4.72 Å². The molecule has 0 spiro atoms. The molecule has 0 saturated heterocycles. The standard InChI is InChI=1S/C12H18Br2N2O2S/c1-16(2)8-4-3-7-15-19(17,18)12-6-5-10(13)9-11(12)14/h5-6,9,15H,3-4,7-8H2,1-2H3. The summed E-state index contributed by atoms with van der Waals surface area (Å²) in [5.41, 5.74) is 0. The minimum absolute atomic E-state index is 0.267. The Labute approximate surface area is 131 Å². The SMILES string of the molecule is CN(C)CCCCNS(=O)(=O)c1ccc(Br)cc1Br. The first kappa shape index (κ1) is 17.1. The van der Waals surface area contributed by atoms with Gasteiger partial charge in [-0.1, -0.05) is 15.9 Å². The topological polar surface area (TPSA) is 49.4 Å². The number of benzene rings is 1. The Balaban J connectivity index is 2.56. The summed E-state index contributed by atoms with van der Waals surface area (Å²) >= 11 is 6.57. The number of unbranched alkanes of at least 4 members (excludes halogenated alkanes) is 1. The molecule has 19 heavy (non-hydrogen) atoms. The second-order valence-corrected chi connectivity index (χ2v) is 7.99. The van der Waals surface area contributed by atoms with Crippen molar-refractivity contribution in [1.82, 2.24) is 9.62 Å². The Morgan fingerprint density at radius 3 is 2.47 bits per heavy atom. The molecular weight excluding hydrogens is 396 g/mol. The lowest BCUT2D eigenvalue weighted by molar-refractivity contribution is 0.394. The number of hydrogen-bond donors (Lipinski definition) is 1. The summed E-state index contributed by atoms with van der Waals surface area (Å²) in [5.74, 6) is 0. The largest absolute Gasteiger partial charge is 0.309 e. The van der Waals surface area contributed by atoms with Gasteiger partial charge in [0.05, 0.1) is 4.90 Å². The highest BCUT2D eigenvalue weighted by Gasteiger charge is 2.16. The van der Waals surface area contributed by atoms with E-state index in [2.05, 4.69) is 41.5 Å². The van der Waals surface area contributed by atoms with Gasteiger partial charge in [-0.2, -0.15) is 0 Å². The highest BCUT2D eigenvalue weighted by Crippen LogP contribution is 2.25. The molecule has 0 radical (unpaired) electrons. The van der Waals surface area contributed by atoms with Gasteiger partial charge in [-0.3, -0.25) is 0 Å². The van der Waals surface area contributed by atoms with E-state index in [1.165, 1.54) is 0 Å². The lowest BCUT2D eigenvalue weighted by Crippen LogP contribution is -2.25. The monoisotopic (exact) mass is 412 g/mol. The molecular formula is C12H18Br2N2O2S. The number of hydrogen-bond acceptors (Lipinski definition) is 3. The van der Waals surface area contributed by atoms with E-state index < -0.39 is 10.0 Å². The van der Waals surface area contributed by atoms with E-state index in [4.69, 9.17) is 0 Å². The maximum absolute atomic E-state index is 12.1. The Bertz CT molecular complexity index is 518. The highest BCUT2D eigenvalue weighted by atomic mass is 79.9. The smallest absolute Gasteiger partial charge is 0.241 e. The molecule has 0 amide bonds. The highest BCUT2D eigenvalue weighted by molar-refractivity contribution is 9.11. The Kier molecular flexibility index (Phi) is 6.96. The van der Waals surface area contributed by atoms with Crippen LogP contribution in [0.2, 0.25) is 0 Å². The van der Waals surface area contributed by atoms with Crippen LogP contribution >= 0.6 is 31.9 Å². The van der Waals surface area contributed by atoms with Gasteiger partial charge in [0.1, 0.15) is 0 Å². The van der Waals surface area contributed by atoms with E-state index in [0.717, 1.165) is 23.9 Å². The molecule has 0 unspecified atom stereocenters. The summed E-state index contributed by atoms with van der Waals surface area (Å²) in [7, 11) is 0.566. The van der Waals surface area contributed by atoms with Gasteiger partial charge in [0.25, 0.3) is 0 Å². The van der Waals surface area contributed by atoms with Crippen molar-refractivity contribution < 1.29 is 8.42 Å². The number of halogens is 2. The fourth-order valence-electron chi connectivity index (χ4n) is 1.53. The third-order valence-corrected chi connectivity index (χ3v) is 5.44. The molecule has 1 rings (SSSR count). The zero-order chi connectivity index (χ0) is 14.5. The van der Waals surface area contributed by atoms with Crippen molar-refractivity contribution in [3.8, 4) is 0 Å². The molecule has 0 atom stereocenters.